The molecule has 0 saturated heterocycles. The Hall–Kier alpha value is 0.560. The Morgan fingerprint density at radius 2 is 1.53 bits per heavy atom. The van der Waals surface area contributed by atoms with E-state index in [9.17, 15) is 4.57 Å². The normalized spacial score (nSPS) is 14.1. The summed E-state index contributed by atoms with van der Waals surface area (Å²) in [5.74, 6) is 0. The van der Waals surface area contributed by atoms with Gasteiger partial charge in [-0.25, -0.2) is 4.57 Å². The van der Waals surface area contributed by atoms with Gasteiger partial charge in [-0.15, -0.1) is 0 Å². The molecule has 15 heavy (non-hydrogen) atoms. The Kier molecular flexibility index (Phi) is 9.29. The summed E-state index contributed by atoms with van der Waals surface area (Å²) >= 11 is 3.60. The molecule has 94 valence electrons. The summed E-state index contributed by atoms with van der Waals surface area (Å²) in [7, 11) is -4.50. The molecule has 0 radical (unpaired) electrons. The molecular weight excluding hydrogens is 274 g/mol. The highest BCUT2D eigenvalue weighted by atomic mass is 32.5. The van der Waals surface area contributed by atoms with E-state index < -0.39 is 33.9 Å². The molecule has 0 aromatic heterocycles. The van der Waals surface area contributed by atoms with Crippen LogP contribution >= 0.6 is 14.5 Å². The van der Waals surface area contributed by atoms with Gasteiger partial charge in [0, 0.05) is 0 Å². The van der Waals surface area contributed by atoms with E-state index in [0.717, 1.165) is 0 Å². The fraction of sp³-hybridized carbons (Fsp3) is 1.00. The number of phosphoric acid groups is 1. The van der Waals surface area contributed by atoms with Crippen molar-refractivity contribution in [3.8, 4) is 0 Å². The molecule has 0 rings (SSSR count). The minimum Gasteiger partial charge on any atom is -0.394 e. The molecule has 1 unspecified atom stereocenters. The Morgan fingerprint density at radius 1 is 1.20 bits per heavy atom. The first kappa shape index (κ1) is 17.9. The van der Waals surface area contributed by atoms with Crippen molar-refractivity contribution >= 4 is 26.3 Å². The van der Waals surface area contributed by atoms with Crippen LogP contribution in [0.25, 0.3) is 0 Å². The molecule has 0 aliphatic carbocycles. The highest BCUT2D eigenvalue weighted by Gasteiger charge is 2.15. The quantitative estimate of drug-likeness (QED) is 0.277. The van der Waals surface area contributed by atoms with E-state index in [-0.39, 0.29) is 0 Å². The second-order valence-electron chi connectivity index (χ2n) is 2.14. The number of hydrogen-bond acceptors (Lipinski definition) is 5. The predicted octanol–water partition coefficient (Wildman–Crippen LogP) is -2.36. The number of aliphatic hydroxyl groups excluding tert-OH is 2. The summed E-state index contributed by atoms with van der Waals surface area (Å²) in [4.78, 5) is 38.8. The third kappa shape index (κ3) is 31.3. The van der Waals surface area contributed by atoms with Gasteiger partial charge in [-0.05, 0) is 11.8 Å². The van der Waals surface area contributed by atoms with Gasteiger partial charge in [0.1, 0.15) is 6.10 Å². The minimum absolute atomic E-state index is 0.569. The van der Waals surface area contributed by atoms with Gasteiger partial charge in [0.25, 0.3) is 0 Å². The first-order valence-electron chi connectivity index (χ1n) is 3.23. The molecule has 0 heterocycles. The van der Waals surface area contributed by atoms with Crippen molar-refractivity contribution in [1.29, 1.82) is 0 Å². The average molecular weight is 286 g/mol. The zero-order valence-corrected chi connectivity index (χ0v) is 9.85. The molecule has 1 atom stereocenters. The standard InChI is InChI=1S/C3H9O6P.H3O3PS/c4-1-3(5)2-9-10(6,7)8;1-4(2,3)5/h3-5H,1-2H2,(H2,6,7,8);(H3,1,2,3,5). The zero-order chi connectivity index (χ0) is 12.7. The molecule has 12 heteroatoms. The van der Waals surface area contributed by atoms with Crippen LogP contribution in [-0.4, -0.2) is 54.0 Å². The van der Waals surface area contributed by atoms with Gasteiger partial charge in [0.15, 0.2) is 0 Å². The minimum atomic E-state index is -4.50. The summed E-state index contributed by atoms with van der Waals surface area (Å²) in [5, 5.41) is 16.7. The fourth-order valence-electron chi connectivity index (χ4n) is 0.236. The fourth-order valence-corrected chi connectivity index (χ4v) is 0.602. The molecular formula is C3H12O9P2S. The van der Waals surface area contributed by atoms with Gasteiger partial charge in [0.05, 0.1) is 13.2 Å². The largest absolute Gasteiger partial charge is 0.469 e. The summed E-state index contributed by atoms with van der Waals surface area (Å²) in [6.07, 6.45) is -1.24. The predicted molar refractivity (Wildman–Crippen MR) is 52.0 cm³/mol. The highest BCUT2D eigenvalue weighted by molar-refractivity contribution is 8.06. The number of aliphatic hydroxyl groups is 2. The third-order valence-electron chi connectivity index (χ3n) is 0.646. The second kappa shape index (κ2) is 7.77. The third-order valence-corrected chi connectivity index (χ3v) is 1.13. The maximum Gasteiger partial charge on any atom is 0.469 e. The van der Waals surface area contributed by atoms with Crippen LogP contribution in [0, 0.1) is 0 Å². The molecule has 0 aliphatic heterocycles. The van der Waals surface area contributed by atoms with Crippen molar-refractivity contribution in [1.82, 2.24) is 0 Å². The van der Waals surface area contributed by atoms with E-state index in [1.165, 1.54) is 0 Å². The Labute approximate surface area is 90.1 Å². The first-order chi connectivity index (χ1) is 6.45. The van der Waals surface area contributed by atoms with Crippen LogP contribution in [0.15, 0.2) is 0 Å². The van der Waals surface area contributed by atoms with Crippen molar-refractivity contribution < 1.29 is 43.8 Å². The second-order valence-corrected chi connectivity index (χ2v) is 5.87. The topological polar surface area (TPSA) is 168 Å². The molecule has 0 saturated carbocycles. The molecule has 0 aromatic carbocycles. The number of phosphoric ester groups is 1. The molecule has 7 N–H and O–H groups in total. The molecule has 0 aromatic rings. The summed E-state index contributed by atoms with van der Waals surface area (Å²) < 4.78 is 13.8. The van der Waals surface area contributed by atoms with E-state index in [1.807, 2.05) is 0 Å². The van der Waals surface area contributed by atoms with Crippen LogP contribution in [0.4, 0.5) is 0 Å². The lowest BCUT2D eigenvalue weighted by atomic mass is 10.4. The molecule has 0 bridgehead atoms. The van der Waals surface area contributed by atoms with Crippen LogP contribution in [0.2, 0.25) is 0 Å². The van der Waals surface area contributed by atoms with Gasteiger partial charge in [-0.2, -0.15) is 0 Å². The Morgan fingerprint density at radius 3 is 1.73 bits per heavy atom. The monoisotopic (exact) mass is 286 g/mol. The Balaban J connectivity index is 0. The van der Waals surface area contributed by atoms with Gasteiger partial charge >= 0.3 is 14.5 Å². The van der Waals surface area contributed by atoms with Crippen molar-refractivity contribution in [2.24, 2.45) is 0 Å². The van der Waals surface area contributed by atoms with Crippen molar-refractivity contribution in [3.05, 3.63) is 0 Å². The average Bonchev–Trinajstić information content (AvgIpc) is 1.95. The number of rotatable bonds is 4. The molecule has 0 spiro atoms. The van der Waals surface area contributed by atoms with Gasteiger partial charge in [-0.1, -0.05) is 0 Å². The van der Waals surface area contributed by atoms with E-state index in [2.05, 4.69) is 16.3 Å². The highest BCUT2D eigenvalue weighted by Crippen LogP contribution is 2.35. The molecule has 0 aliphatic rings. The SMILES string of the molecule is O=P(O)(O)OCC(O)CO.OP(O)(O)=S. The molecule has 9 nitrogen and oxygen atoms in total. The van der Waals surface area contributed by atoms with Crippen LogP contribution in [0.3, 0.4) is 0 Å². The van der Waals surface area contributed by atoms with E-state index >= 15 is 0 Å². The number of hydrogen-bond donors (Lipinski definition) is 7. The smallest absolute Gasteiger partial charge is 0.394 e. The summed E-state index contributed by atoms with van der Waals surface area (Å²) in [6, 6.07) is 0. The van der Waals surface area contributed by atoms with Crippen molar-refractivity contribution in [2.45, 2.75) is 6.10 Å². The van der Waals surface area contributed by atoms with Crippen LogP contribution in [0.1, 0.15) is 0 Å². The Bertz CT molecular complexity index is 235. The molecule has 0 amide bonds. The first-order valence-corrected chi connectivity index (χ1v) is 7.42. The molecule has 0 fully saturated rings. The van der Waals surface area contributed by atoms with Crippen LogP contribution in [0.5, 0.6) is 0 Å². The zero-order valence-electron chi connectivity index (χ0n) is 7.24. The summed E-state index contributed by atoms with van der Waals surface area (Å²) in [5.41, 5.74) is 0. The van der Waals surface area contributed by atoms with Gasteiger partial charge in [0.2, 0.25) is 0 Å². The maximum absolute atomic E-state index is 9.93. The van der Waals surface area contributed by atoms with E-state index in [4.69, 9.17) is 34.7 Å². The summed E-state index contributed by atoms with van der Waals surface area (Å²) in [6.45, 7) is -4.96. The lowest BCUT2D eigenvalue weighted by molar-refractivity contribution is 0.0419. The lowest BCUT2D eigenvalue weighted by Crippen LogP contribution is -2.18. The van der Waals surface area contributed by atoms with Crippen LogP contribution < -0.4 is 0 Å². The lowest BCUT2D eigenvalue weighted by Gasteiger charge is -2.07. The van der Waals surface area contributed by atoms with Gasteiger partial charge in [-0.3, -0.25) is 4.52 Å². The van der Waals surface area contributed by atoms with Crippen molar-refractivity contribution in [3.63, 3.8) is 0 Å². The van der Waals surface area contributed by atoms with Gasteiger partial charge < -0.3 is 34.7 Å². The maximum atomic E-state index is 9.93. The van der Waals surface area contributed by atoms with Crippen LogP contribution in [-0.2, 0) is 20.9 Å². The van der Waals surface area contributed by atoms with Crippen molar-refractivity contribution in [2.75, 3.05) is 13.2 Å². The van der Waals surface area contributed by atoms with E-state index in [0.29, 0.717) is 0 Å². The van der Waals surface area contributed by atoms with E-state index in [1.54, 1.807) is 0 Å².